The minimum Gasteiger partial charge on any atom is -0.492 e. The second kappa shape index (κ2) is 7.90. The van der Waals surface area contributed by atoms with Crippen molar-refractivity contribution in [3.8, 4) is 11.8 Å². The molecule has 0 spiro atoms. The monoisotopic (exact) mass is 342 g/mol. The number of likely N-dealkylation sites (tertiary alicyclic amines) is 1. The summed E-state index contributed by atoms with van der Waals surface area (Å²) in [5.41, 5.74) is 0.578. The van der Waals surface area contributed by atoms with Crippen molar-refractivity contribution in [1.82, 2.24) is 9.88 Å². The lowest BCUT2D eigenvalue weighted by molar-refractivity contribution is -0.120. The Kier molecular flexibility index (Phi) is 5.41. The summed E-state index contributed by atoms with van der Waals surface area (Å²) in [7, 11) is 0. The number of carbonyl (C=O) groups excluding carboxylic acids is 1. The molecular weight excluding hydrogens is 324 g/mol. The first kappa shape index (κ1) is 16.4. The van der Waals surface area contributed by atoms with Crippen LogP contribution in [0.15, 0.2) is 35.8 Å². The zero-order valence-corrected chi connectivity index (χ0v) is 14.0. The van der Waals surface area contributed by atoms with Gasteiger partial charge in [0, 0.05) is 18.1 Å². The van der Waals surface area contributed by atoms with Gasteiger partial charge in [-0.05, 0) is 37.6 Å². The smallest absolute Gasteiger partial charge is 0.243 e. The standard InChI is InChI=1S/C17H18N4O2S/c18-12-13-3-1-4-14(11-13)23-9-8-21-7-2-5-15(21)16(22)20-17-19-6-10-24-17/h1,3-4,6,10-11,15H,2,5,7-9H2,(H,19,20,22)/t15-/m1/s1. The highest BCUT2D eigenvalue weighted by Gasteiger charge is 2.30. The van der Waals surface area contributed by atoms with E-state index in [0.29, 0.717) is 29.6 Å². The third kappa shape index (κ3) is 4.10. The molecule has 0 radical (unpaired) electrons. The average Bonchev–Trinajstić information content (AvgIpc) is 3.27. The number of benzene rings is 1. The summed E-state index contributed by atoms with van der Waals surface area (Å²) in [5.74, 6) is 0.672. The minimum absolute atomic E-state index is 0.00562. The Morgan fingerprint density at radius 1 is 1.54 bits per heavy atom. The lowest BCUT2D eigenvalue weighted by Gasteiger charge is -2.23. The summed E-state index contributed by atoms with van der Waals surface area (Å²) in [6, 6.07) is 9.05. The molecule has 1 aliphatic rings. The van der Waals surface area contributed by atoms with E-state index in [2.05, 4.69) is 21.3 Å². The molecule has 1 aromatic heterocycles. The Morgan fingerprint density at radius 3 is 3.25 bits per heavy atom. The Hall–Kier alpha value is -2.43. The first-order valence-corrected chi connectivity index (χ1v) is 8.71. The molecule has 7 heteroatoms. The van der Waals surface area contributed by atoms with Crippen molar-refractivity contribution in [2.24, 2.45) is 0 Å². The van der Waals surface area contributed by atoms with Crippen LogP contribution in [0.1, 0.15) is 18.4 Å². The van der Waals surface area contributed by atoms with Crippen molar-refractivity contribution >= 4 is 22.4 Å². The van der Waals surface area contributed by atoms with Gasteiger partial charge in [-0.3, -0.25) is 9.69 Å². The topological polar surface area (TPSA) is 78.2 Å². The molecule has 2 heterocycles. The maximum atomic E-state index is 12.4. The quantitative estimate of drug-likeness (QED) is 0.872. The summed E-state index contributed by atoms with van der Waals surface area (Å²) in [6.07, 6.45) is 3.52. The van der Waals surface area contributed by atoms with E-state index in [0.717, 1.165) is 19.4 Å². The third-order valence-corrected chi connectivity index (χ3v) is 4.63. The fraction of sp³-hybridized carbons (Fsp3) is 0.353. The first-order valence-electron chi connectivity index (χ1n) is 7.83. The van der Waals surface area contributed by atoms with Crippen LogP contribution in [0.5, 0.6) is 5.75 Å². The minimum atomic E-state index is -0.136. The molecule has 1 N–H and O–H groups in total. The van der Waals surface area contributed by atoms with Crippen molar-refractivity contribution < 1.29 is 9.53 Å². The molecule has 0 unspecified atom stereocenters. The van der Waals surface area contributed by atoms with Crippen LogP contribution in [0.4, 0.5) is 5.13 Å². The summed E-state index contributed by atoms with van der Waals surface area (Å²) in [4.78, 5) is 18.6. The van der Waals surface area contributed by atoms with Gasteiger partial charge in [0.2, 0.25) is 5.91 Å². The van der Waals surface area contributed by atoms with Crippen LogP contribution in [0.3, 0.4) is 0 Å². The molecule has 3 rings (SSSR count). The molecule has 124 valence electrons. The average molecular weight is 342 g/mol. The number of ether oxygens (including phenoxy) is 1. The Labute approximate surface area is 144 Å². The first-order chi connectivity index (χ1) is 11.8. The van der Waals surface area contributed by atoms with Gasteiger partial charge in [-0.25, -0.2) is 4.98 Å². The van der Waals surface area contributed by atoms with Gasteiger partial charge in [0.25, 0.3) is 0 Å². The second-order valence-electron chi connectivity index (χ2n) is 5.51. The van der Waals surface area contributed by atoms with Crippen molar-refractivity contribution in [2.75, 3.05) is 25.0 Å². The van der Waals surface area contributed by atoms with E-state index in [-0.39, 0.29) is 11.9 Å². The van der Waals surface area contributed by atoms with Crippen molar-refractivity contribution in [3.05, 3.63) is 41.4 Å². The van der Waals surface area contributed by atoms with E-state index >= 15 is 0 Å². The predicted molar refractivity (Wildman–Crippen MR) is 92.0 cm³/mol. The van der Waals surface area contributed by atoms with E-state index in [9.17, 15) is 4.79 Å². The third-order valence-electron chi connectivity index (χ3n) is 3.94. The molecule has 1 aliphatic heterocycles. The summed E-state index contributed by atoms with van der Waals surface area (Å²) < 4.78 is 5.71. The molecule has 6 nitrogen and oxygen atoms in total. The van der Waals surface area contributed by atoms with Crippen LogP contribution in [-0.4, -0.2) is 41.5 Å². The number of rotatable bonds is 6. The van der Waals surface area contributed by atoms with E-state index in [1.165, 1.54) is 11.3 Å². The number of anilines is 1. The van der Waals surface area contributed by atoms with Gasteiger partial charge >= 0.3 is 0 Å². The Bertz CT molecular complexity index is 726. The molecule has 1 aromatic carbocycles. The lowest BCUT2D eigenvalue weighted by atomic mass is 10.2. The molecule has 1 saturated heterocycles. The van der Waals surface area contributed by atoms with Crippen LogP contribution in [0.2, 0.25) is 0 Å². The van der Waals surface area contributed by atoms with Crippen molar-refractivity contribution in [2.45, 2.75) is 18.9 Å². The number of amides is 1. The number of aromatic nitrogens is 1. The highest BCUT2D eigenvalue weighted by Crippen LogP contribution is 2.20. The SMILES string of the molecule is N#Cc1cccc(OCCN2CCC[C@@H]2C(=O)Nc2nccs2)c1. The summed E-state index contributed by atoms with van der Waals surface area (Å²) in [6.45, 7) is 2.04. The Balaban J connectivity index is 1.50. The zero-order chi connectivity index (χ0) is 16.8. The second-order valence-corrected chi connectivity index (χ2v) is 6.40. The van der Waals surface area contributed by atoms with Crippen LogP contribution in [0.25, 0.3) is 0 Å². The summed E-state index contributed by atoms with van der Waals surface area (Å²) in [5, 5.41) is 14.2. The normalized spacial score (nSPS) is 17.4. The van der Waals surface area contributed by atoms with Crippen LogP contribution in [0, 0.1) is 11.3 Å². The number of nitrogens with one attached hydrogen (secondary N) is 1. The molecule has 0 bridgehead atoms. The highest BCUT2D eigenvalue weighted by molar-refractivity contribution is 7.13. The van der Waals surface area contributed by atoms with E-state index in [1.807, 2.05) is 11.4 Å². The maximum absolute atomic E-state index is 12.4. The van der Waals surface area contributed by atoms with Gasteiger partial charge in [-0.2, -0.15) is 5.26 Å². The van der Waals surface area contributed by atoms with Crippen molar-refractivity contribution in [3.63, 3.8) is 0 Å². The van der Waals surface area contributed by atoms with Crippen LogP contribution >= 0.6 is 11.3 Å². The van der Waals surface area contributed by atoms with Gasteiger partial charge in [0.15, 0.2) is 5.13 Å². The van der Waals surface area contributed by atoms with Gasteiger partial charge < -0.3 is 10.1 Å². The fourth-order valence-corrected chi connectivity index (χ4v) is 3.33. The van der Waals surface area contributed by atoms with Gasteiger partial charge in [0.05, 0.1) is 17.7 Å². The lowest BCUT2D eigenvalue weighted by Crippen LogP contribution is -2.41. The van der Waals surface area contributed by atoms with Gasteiger partial charge in [0.1, 0.15) is 12.4 Å². The molecule has 1 amide bonds. The predicted octanol–water partition coefficient (Wildman–Crippen LogP) is 2.50. The molecule has 0 saturated carbocycles. The van der Waals surface area contributed by atoms with Gasteiger partial charge in [-0.1, -0.05) is 6.07 Å². The largest absolute Gasteiger partial charge is 0.492 e. The van der Waals surface area contributed by atoms with E-state index in [1.54, 1.807) is 24.4 Å². The maximum Gasteiger partial charge on any atom is 0.243 e. The zero-order valence-electron chi connectivity index (χ0n) is 13.1. The molecule has 1 atom stereocenters. The molecule has 24 heavy (non-hydrogen) atoms. The van der Waals surface area contributed by atoms with Crippen LogP contribution in [-0.2, 0) is 4.79 Å². The number of hydrogen-bond acceptors (Lipinski definition) is 6. The van der Waals surface area contributed by atoms with Gasteiger partial charge in [-0.15, -0.1) is 11.3 Å². The van der Waals surface area contributed by atoms with E-state index in [4.69, 9.17) is 10.00 Å². The van der Waals surface area contributed by atoms with Crippen LogP contribution < -0.4 is 10.1 Å². The fourth-order valence-electron chi connectivity index (χ4n) is 2.80. The molecule has 0 aliphatic carbocycles. The Morgan fingerprint density at radius 2 is 2.46 bits per heavy atom. The van der Waals surface area contributed by atoms with E-state index < -0.39 is 0 Å². The highest BCUT2D eigenvalue weighted by atomic mass is 32.1. The molecule has 1 fully saturated rings. The number of hydrogen-bond donors (Lipinski definition) is 1. The number of nitrogens with zero attached hydrogens (tertiary/aromatic N) is 3. The molecule has 2 aromatic rings. The molecular formula is C17H18N4O2S. The number of thiazole rings is 1. The number of carbonyl (C=O) groups is 1. The van der Waals surface area contributed by atoms with Crippen molar-refractivity contribution in [1.29, 1.82) is 5.26 Å². The summed E-state index contributed by atoms with van der Waals surface area (Å²) >= 11 is 1.42. The number of nitriles is 1.